The molecule has 9 heteroatoms. The quantitative estimate of drug-likeness (QED) is 0.477. The van der Waals surface area contributed by atoms with Crippen molar-refractivity contribution in [2.75, 3.05) is 7.05 Å². The van der Waals surface area contributed by atoms with Gasteiger partial charge in [0.2, 0.25) is 11.8 Å². The van der Waals surface area contributed by atoms with Crippen LogP contribution in [0, 0.1) is 11.8 Å². The lowest BCUT2D eigenvalue weighted by Crippen LogP contribution is -2.40. The highest BCUT2D eigenvalue weighted by Crippen LogP contribution is 2.34. The Morgan fingerprint density at radius 1 is 1.09 bits per heavy atom. The average molecular weight is 491 g/mol. The second-order valence-electron chi connectivity index (χ2n) is 8.50. The molecule has 3 aromatic rings. The molecule has 1 saturated carbocycles. The summed E-state index contributed by atoms with van der Waals surface area (Å²) in [7, 11) is 1.77. The van der Waals surface area contributed by atoms with Crippen LogP contribution in [0.4, 0.5) is 13.2 Å². The zero-order valence-electron chi connectivity index (χ0n) is 18.6. The number of carbonyl (C=O) groups is 2. The van der Waals surface area contributed by atoms with Crippen LogP contribution in [-0.2, 0) is 22.7 Å². The Labute approximate surface area is 199 Å². The molecule has 2 atom stereocenters. The normalized spacial score (nSPS) is 18.1. The molecule has 1 fully saturated rings. The Balaban J connectivity index is 1.34. The van der Waals surface area contributed by atoms with Crippen LogP contribution >= 0.6 is 11.3 Å². The molecule has 0 bridgehead atoms. The maximum absolute atomic E-state index is 13.2. The molecule has 1 aliphatic rings. The number of rotatable bonds is 7. The van der Waals surface area contributed by atoms with Gasteiger partial charge in [-0.15, -0.1) is 24.5 Å². The van der Waals surface area contributed by atoms with E-state index in [4.69, 9.17) is 0 Å². The maximum Gasteiger partial charge on any atom is 0.573 e. The fourth-order valence-electron chi connectivity index (χ4n) is 4.49. The van der Waals surface area contributed by atoms with Gasteiger partial charge in [0.1, 0.15) is 5.75 Å². The Morgan fingerprint density at radius 3 is 2.56 bits per heavy atom. The van der Waals surface area contributed by atoms with Crippen LogP contribution in [0.5, 0.6) is 5.75 Å². The van der Waals surface area contributed by atoms with Gasteiger partial charge in [0.05, 0.1) is 0 Å². The van der Waals surface area contributed by atoms with Crippen molar-refractivity contribution in [2.45, 2.75) is 38.7 Å². The molecule has 0 spiro atoms. The summed E-state index contributed by atoms with van der Waals surface area (Å²) in [6, 6.07) is 13.5. The number of thiophene rings is 1. The van der Waals surface area contributed by atoms with E-state index in [1.165, 1.54) is 24.3 Å². The van der Waals surface area contributed by atoms with E-state index in [-0.39, 0.29) is 30.0 Å². The summed E-state index contributed by atoms with van der Waals surface area (Å²) in [5.41, 5.74) is 1.73. The molecule has 180 valence electrons. The Bertz CT molecular complexity index is 1160. The van der Waals surface area contributed by atoms with Gasteiger partial charge >= 0.3 is 6.36 Å². The van der Waals surface area contributed by atoms with Crippen LogP contribution in [0.3, 0.4) is 0 Å². The van der Waals surface area contributed by atoms with Gasteiger partial charge in [-0.25, -0.2) is 0 Å². The monoisotopic (exact) mass is 490 g/mol. The fourth-order valence-corrected chi connectivity index (χ4v) is 5.40. The van der Waals surface area contributed by atoms with E-state index in [9.17, 15) is 22.8 Å². The van der Waals surface area contributed by atoms with Crippen molar-refractivity contribution in [3.8, 4) is 5.75 Å². The predicted molar refractivity (Wildman–Crippen MR) is 124 cm³/mol. The number of nitrogens with zero attached hydrogens (tertiary/aromatic N) is 1. The lowest BCUT2D eigenvalue weighted by Gasteiger charge is -2.25. The summed E-state index contributed by atoms with van der Waals surface area (Å²) in [6.45, 7) is 0.645. The minimum atomic E-state index is -4.75. The number of amides is 2. The van der Waals surface area contributed by atoms with Gasteiger partial charge in [-0.3, -0.25) is 9.59 Å². The summed E-state index contributed by atoms with van der Waals surface area (Å²) in [6.07, 6.45) is -2.65. The van der Waals surface area contributed by atoms with Crippen molar-refractivity contribution in [3.05, 3.63) is 65.0 Å². The van der Waals surface area contributed by atoms with E-state index in [1.54, 1.807) is 23.3 Å². The van der Waals surface area contributed by atoms with Gasteiger partial charge < -0.3 is 15.0 Å². The summed E-state index contributed by atoms with van der Waals surface area (Å²) in [4.78, 5) is 27.8. The van der Waals surface area contributed by atoms with Crippen LogP contribution in [0.2, 0.25) is 0 Å². The maximum atomic E-state index is 13.2. The molecule has 0 aliphatic heterocycles. The molecule has 0 saturated heterocycles. The molecule has 1 aromatic heterocycles. The zero-order chi connectivity index (χ0) is 24.3. The Morgan fingerprint density at radius 2 is 1.82 bits per heavy atom. The van der Waals surface area contributed by atoms with Gasteiger partial charge in [0.25, 0.3) is 0 Å². The number of halogens is 3. The standard InChI is InChI=1S/C25H25F3N2O3S/c1-30(15-18-5-2-4-17-12-13-34-22(17)18)24(32)21-7-3-6-20(21)23(31)29-14-16-8-10-19(11-9-16)33-25(26,27)28/h2,4-5,8-13,20-21H,3,6-7,14-15H2,1H3,(H,29,31)/t20-,21-/m1/s1. The number of benzene rings is 2. The molecule has 4 rings (SSSR count). The molecular formula is C25H25F3N2O3S. The molecule has 0 radical (unpaired) electrons. The lowest BCUT2D eigenvalue weighted by atomic mass is 9.93. The number of alkyl halides is 3. The SMILES string of the molecule is CN(Cc1cccc2ccsc12)C(=O)[C@@H]1CCC[C@H]1C(=O)NCc1ccc(OC(F)(F)F)cc1. The van der Waals surface area contributed by atoms with Gasteiger partial charge in [0.15, 0.2) is 0 Å². The van der Waals surface area contributed by atoms with Crippen molar-refractivity contribution in [1.82, 2.24) is 10.2 Å². The number of nitrogens with one attached hydrogen (secondary N) is 1. The first-order chi connectivity index (χ1) is 16.2. The third-order valence-electron chi connectivity index (χ3n) is 6.14. The van der Waals surface area contributed by atoms with Crippen molar-refractivity contribution in [2.24, 2.45) is 11.8 Å². The lowest BCUT2D eigenvalue weighted by molar-refractivity contribution is -0.274. The van der Waals surface area contributed by atoms with Crippen LogP contribution < -0.4 is 10.1 Å². The first kappa shape index (κ1) is 24.1. The Hall–Kier alpha value is -3.07. The smallest absolute Gasteiger partial charge is 0.406 e. The Kier molecular flexibility index (Phi) is 7.11. The fraction of sp³-hybridized carbons (Fsp3) is 0.360. The summed E-state index contributed by atoms with van der Waals surface area (Å²) < 4.78 is 41.9. The van der Waals surface area contributed by atoms with Crippen LogP contribution in [0.1, 0.15) is 30.4 Å². The predicted octanol–water partition coefficient (Wildman–Crippen LogP) is 5.49. The van der Waals surface area contributed by atoms with Crippen LogP contribution in [0.25, 0.3) is 10.1 Å². The van der Waals surface area contributed by atoms with Gasteiger partial charge in [-0.05, 0) is 52.9 Å². The topological polar surface area (TPSA) is 58.6 Å². The van der Waals surface area contributed by atoms with E-state index in [0.29, 0.717) is 24.9 Å². The number of fused-ring (bicyclic) bond motifs is 1. The third kappa shape index (κ3) is 5.70. The molecule has 1 aliphatic carbocycles. The second-order valence-corrected chi connectivity index (χ2v) is 9.42. The van der Waals surface area contributed by atoms with E-state index in [1.807, 2.05) is 23.6 Å². The number of carbonyl (C=O) groups excluding carboxylic acids is 2. The first-order valence-electron chi connectivity index (χ1n) is 11.0. The largest absolute Gasteiger partial charge is 0.573 e. The molecule has 1 heterocycles. The van der Waals surface area contributed by atoms with Crippen molar-refractivity contribution in [3.63, 3.8) is 0 Å². The molecule has 2 amide bonds. The summed E-state index contributed by atoms with van der Waals surface area (Å²) in [5, 5.41) is 6.02. The highest BCUT2D eigenvalue weighted by atomic mass is 32.1. The number of hydrogen-bond acceptors (Lipinski definition) is 4. The first-order valence-corrected chi connectivity index (χ1v) is 11.9. The van der Waals surface area contributed by atoms with Crippen molar-refractivity contribution < 1.29 is 27.5 Å². The highest BCUT2D eigenvalue weighted by molar-refractivity contribution is 7.17. The van der Waals surface area contributed by atoms with Gasteiger partial charge in [-0.1, -0.05) is 36.8 Å². The second kappa shape index (κ2) is 10.0. The van der Waals surface area contributed by atoms with E-state index in [0.717, 1.165) is 22.1 Å². The van der Waals surface area contributed by atoms with Gasteiger partial charge in [0, 0.05) is 36.7 Å². The van der Waals surface area contributed by atoms with Crippen LogP contribution in [0.15, 0.2) is 53.9 Å². The summed E-state index contributed by atoms with van der Waals surface area (Å²) in [5.74, 6) is -1.36. The van der Waals surface area contributed by atoms with Crippen LogP contribution in [-0.4, -0.2) is 30.1 Å². The summed E-state index contributed by atoms with van der Waals surface area (Å²) >= 11 is 1.65. The molecule has 5 nitrogen and oxygen atoms in total. The molecule has 2 aromatic carbocycles. The van der Waals surface area contributed by atoms with Crippen molar-refractivity contribution >= 4 is 33.2 Å². The molecule has 34 heavy (non-hydrogen) atoms. The van der Waals surface area contributed by atoms with E-state index < -0.39 is 12.3 Å². The number of hydrogen-bond donors (Lipinski definition) is 1. The average Bonchev–Trinajstić information content (AvgIpc) is 3.47. The minimum Gasteiger partial charge on any atom is -0.406 e. The molecule has 1 N–H and O–H groups in total. The van der Waals surface area contributed by atoms with Crippen molar-refractivity contribution in [1.29, 1.82) is 0 Å². The highest BCUT2D eigenvalue weighted by Gasteiger charge is 2.39. The number of ether oxygens (including phenoxy) is 1. The molecular weight excluding hydrogens is 465 g/mol. The van der Waals surface area contributed by atoms with E-state index in [2.05, 4.69) is 16.1 Å². The molecule has 0 unspecified atom stereocenters. The minimum absolute atomic E-state index is 0.0418. The third-order valence-corrected chi connectivity index (χ3v) is 7.14. The van der Waals surface area contributed by atoms with Gasteiger partial charge in [-0.2, -0.15) is 0 Å². The zero-order valence-corrected chi connectivity index (χ0v) is 19.4. The van der Waals surface area contributed by atoms with E-state index >= 15 is 0 Å².